The van der Waals surface area contributed by atoms with Crippen LogP contribution in [0.5, 0.6) is 5.75 Å². The van der Waals surface area contributed by atoms with E-state index in [2.05, 4.69) is 0 Å². The lowest BCUT2D eigenvalue weighted by Gasteiger charge is -2.31. The van der Waals surface area contributed by atoms with Gasteiger partial charge in [0.1, 0.15) is 12.3 Å². The number of hydrogen-bond donors (Lipinski definition) is 1. The third kappa shape index (κ3) is 2.40. The number of benzene rings is 1. The van der Waals surface area contributed by atoms with E-state index in [1.54, 1.807) is 6.07 Å². The maximum atomic E-state index is 12.3. The topological polar surface area (TPSA) is 23.5 Å². The Morgan fingerprint density at radius 2 is 2.06 bits per heavy atom. The molecule has 0 aliphatic carbocycles. The van der Waals surface area contributed by atoms with Gasteiger partial charge in [-0.3, -0.25) is 0 Å². The number of nitrogens with zero attached hydrogens (tertiary/aromatic N) is 1. The molecule has 88 valence electrons. The van der Waals surface area contributed by atoms with Crippen molar-refractivity contribution in [2.75, 3.05) is 18.0 Å². The first kappa shape index (κ1) is 11.1. The summed E-state index contributed by atoms with van der Waals surface area (Å²) in [7, 11) is 0. The van der Waals surface area contributed by atoms with Crippen LogP contribution >= 0.6 is 0 Å². The van der Waals surface area contributed by atoms with Crippen LogP contribution in [-0.2, 0) is 6.42 Å². The summed E-state index contributed by atoms with van der Waals surface area (Å²) in [6.07, 6.45) is -2.72. The first-order valence-electron chi connectivity index (χ1n) is 5.09. The molecule has 0 atom stereocenters. The second kappa shape index (κ2) is 3.88. The van der Waals surface area contributed by atoms with Crippen molar-refractivity contribution in [2.24, 2.45) is 0 Å². The Morgan fingerprint density at radius 3 is 2.75 bits per heavy atom. The lowest BCUT2D eigenvalue weighted by Crippen LogP contribution is -2.37. The summed E-state index contributed by atoms with van der Waals surface area (Å²) in [6.45, 7) is -0.570. The maximum absolute atomic E-state index is 12.3. The molecule has 16 heavy (non-hydrogen) atoms. The van der Waals surface area contributed by atoms with E-state index < -0.39 is 12.7 Å². The smallest absolute Gasteiger partial charge is 0.405 e. The Hall–Kier alpha value is -1.39. The Balaban J connectivity index is 2.28. The van der Waals surface area contributed by atoms with Crippen LogP contribution in [0.4, 0.5) is 18.9 Å². The van der Waals surface area contributed by atoms with Crippen LogP contribution in [0.1, 0.15) is 12.0 Å². The van der Waals surface area contributed by atoms with E-state index in [9.17, 15) is 18.3 Å². The zero-order valence-corrected chi connectivity index (χ0v) is 8.59. The van der Waals surface area contributed by atoms with Gasteiger partial charge in [-0.2, -0.15) is 13.2 Å². The van der Waals surface area contributed by atoms with Gasteiger partial charge in [-0.1, -0.05) is 6.07 Å². The third-order valence-corrected chi connectivity index (χ3v) is 2.65. The van der Waals surface area contributed by atoms with E-state index in [1.807, 2.05) is 0 Å². The molecule has 0 spiro atoms. The van der Waals surface area contributed by atoms with Crippen LogP contribution in [0.25, 0.3) is 0 Å². The molecule has 1 N–H and O–H groups in total. The molecule has 2 nitrogen and oxygen atoms in total. The number of hydrogen-bond acceptors (Lipinski definition) is 2. The third-order valence-electron chi connectivity index (χ3n) is 2.65. The Bertz CT molecular complexity index is 389. The predicted octanol–water partition coefficient (Wildman–Crippen LogP) is 2.71. The summed E-state index contributed by atoms with van der Waals surface area (Å²) in [4.78, 5) is 1.28. The summed E-state index contributed by atoms with van der Waals surface area (Å²) in [5.74, 6) is 0.00724. The van der Waals surface area contributed by atoms with Crippen LogP contribution in [-0.4, -0.2) is 24.4 Å². The van der Waals surface area contributed by atoms with Crippen molar-refractivity contribution in [3.05, 3.63) is 23.8 Å². The number of anilines is 1. The quantitative estimate of drug-likeness (QED) is 0.803. The summed E-state index contributed by atoms with van der Waals surface area (Å²) in [6, 6.07) is 4.60. The highest BCUT2D eigenvalue weighted by molar-refractivity contribution is 5.58. The van der Waals surface area contributed by atoms with E-state index in [0.717, 1.165) is 12.0 Å². The predicted molar refractivity (Wildman–Crippen MR) is 54.7 cm³/mol. The van der Waals surface area contributed by atoms with E-state index in [1.165, 1.54) is 17.0 Å². The number of alkyl halides is 3. The maximum Gasteiger partial charge on any atom is 0.405 e. The van der Waals surface area contributed by atoms with Gasteiger partial charge in [0.25, 0.3) is 0 Å². The molecule has 0 amide bonds. The van der Waals surface area contributed by atoms with E-state index in [-0.39, 0.29) is 5.75 Å². The van der Waals surface area contributed by atoms with Gasteiger partial charge in [-0.15, -0.1) is 0 Å². The standard InChI is InChI=1S/C11H12F3NO/c12-11(13,14)7-15-5-1-2-8-3-4-9(16)6-10(8)15/h3-4,6,16H,1-2,5,7H2. The average molecular weight is 231 g/mol. The van der Waals surface area contributed by atoms with E-state index >= 15 is 0 Å². The number of aryl methyl sites for hydroxylation is 1. The molecule has 5 heteroatoms. The number of rotatable bonds is 1. The first-order valence-corrected chi connectivity index (χ1v) is 5.09. The Labute approximate surface area is 91.3 Å². The Morgan fingerprint density at radius 1 is 1.31 bits per heavy atom. The molecular weight excluding hydrogens is 219 g/mol. The van der Waals surface area contributed by atoms with Crippen LogP contribution in [0.3, 0.4) is 0 Å². The number of halogens is 3. The molecule has 1 aromatic carbocycles. The van der Waals surface area contributed by atoms with Gasteiger partial charge in [-0.25, -0.2) is 0 Å². The molecular formula is C11H12F3NO. The molecule has 1 aliphatic heterocycles. The Kier molecular flexibility index (Phi) is 2.69. The summed E-state index contributed by atoms with van der Waals surface area (Å²) in [5.41, 5.74) is 1.37. The molecule has 1 aliphatic rings. The molecule has 0 saturated carbocycles. The summed E-state index contributed by atoms with van der Waals surface area (Å²) >= 11 is 0. The van der Waals surface area contributed by atoms with Gasteiger partial charge in [0, 0.05) is 18.3 Å². The van der Waals surface area contributed by atoms with Gasteiger partial charge in [0.05, 0.1) is 0 Å². The molecule has 0 bridgehead atoms. The van der Waals surface area contributed by atoms with Gasteiger partial charge < -0.3 is 10.0 Å². The molecule has 0 unspecified atom stereocenters. The fraction of sp³-hybridized carbons (Fsp3) is 0.455. The molecule has 0 radical (unpaired) electrons. The highest BCUT2D eigenvalue weighted by Crippen LogP contribution is 2.32. The van der Waals surface area contributed by atoms with Crippen LogP contribution < -0.4 is 4.90 Å². The van der Waals surface area contributed by atoms with Crippen molar-refractivity contribution in [3.8, 4) is 5.75 Å². The van der Waals surface area contributed by atoms with Gasteiger partial charge >= 0.3 is 6.18 Å². The van der Waals surface area contributed by atoms with Crippen molar-refractivity contribution in [2.45, 2.75) is 19.0 Å². The molecule has 0 aromatic heterocycles. The van der Waals surface area contributed by atoms with E-state index in [0.29, 0.717) is 18.7 Å². The average Bonchev–Trinajstić information content (AvgIpc) is 2.17. The minimum atomic E-state index is -4.21. The second-order valence-electron chi connectivity index (χ2n) is 3.95. The van der Waals surface area contributed by atoms with Gasteiger partial charge in [0.2, 0.25) is 0 Å². The number of phenols is 1. The second-order valence-corrected chi connectivity index (χ2v) is 3.95. The van der Waals surface area contributed by atoms with Crippen molar-refractivity contribution in [3.63, 3.8) is 0 Å². The normalized spacial score (nSPS) is 16.1. The van der Waals surface area contributed by atoms with Crippen LogP contribution in [0.15, 0.2) is 18.2 Å². The van der Waals surface area contributed by atoms with Crippen LogP contribution in [0, 0.1) is 0 Å². The molecule has 1 aromatic rings. The molecule has 0 saturated heterocycles. The number of fused-ring (bicyclic) bond motifs is 1. The monoisotopic (exact) mass is 231 g/mol. The SMILES string of the molecule is Oc1ccc2c(c1)N(CC(F)(F)F)CCC2. The number of aromatic hydroxyl groups is 1. The first-order chi connectivity index (χ1) is 7.46. The summed E-state index contributed by atoms with van der Waals surface area (Å²) < 4.78 is 37.0. The van der Waals surface area contributed by atoms with Gasteiger partial charge in [0.15, 0.2) is 0 Å². The highest BCUT2D eigenvalue weighted by Gasteiger charge is 2.32. The van der Waals surface area contributed by atoms with Crippen LogP contribution in [0.2, 0.25) is 0 Å². The van der Waals surface area contributed by atoms with Crippen molar-refractivity contribution >= 4 is 5.69 Å². The lowest BCUT2D eigenvalue weighted by molar-refractivity contribution is -0.119. The van der Waals surface area contributed by atoms with Crippen molar-refractivity contribution in [1.82, 2.24) is 0 Å². The largest absolute Gasteiger partial charge is 0.508 e. The van der Waals surface area contributed by atoms with Crippen molar-refractivity contribution in [1.29, 1.82) is 0 Å². The minimum Gasteiger partial charge on any atom is -0.508 e. The molecule has 0 fully saturated rings. The lowest BCUT2D eigenvalue weighted by atomic mass is 10.0. The summed E-state index contributed by atoms with van der Waals surface area (Å²) in [5, 5.41) is 9.30. The zero-order chi connectivity index (χ0) is 11.8. The fourth-order valence-electron chi connectivity index (χ4n) is 2.02. The molecule has 2 rings (SSSR count). The minimum absolute atomic E-state index is 0.00724. The van der Waals surface area contributed by atoms with Gasteiger partial charge in [-0.05, 0) is 24.5 Å². The van der Waals surface area contributed by atoms with E-state index in [4.69, 9.17) is 0 Å². The fourth-order valence-corrected chi connectivity index (χ4v) is 2.02. The zero-order valence-electron chi connectivity index (χ0n) is 8.59. The van der Waals surface area contributed by atoms with Crippen molar-refractivity contribution < 1.29 is 18.3 Å². The number of phenolic OH excluding ortho intramolecular Hbond substituents is 1. The highest BCUT2D eigenvalue weighted by atomic mass is 19.4. The molecule has 1 heterocycles.